The van der Waals surface area contributed by atoms with Crippen LogP contribution in [0.4, 0.5) is 0 Å². The Labute approximate surface area is 127 Å². The summed E-state index contributed by atoms with van der Waals surface area (Å²) in [7, 11) is 0. The predicted octanol–water partition coefficient (Wildman–Crippen LogP) is 3.15. The van der Waals surface area contributed by atoms with E-state index in [2.05, 4.69) is 24.8 Å². The second-order valence-corrected chi connectivity index (χ2v) is 5.90. The summed E-state index contributed by atoms with van der Waals surface area (Å²) >= 11 is 6.05. The van der Waals surface area contributed by atoms with E-state index in [9.17, 15) is 0 Å². The van der Waals surface area contributed by atoms with Gasteiger partial charge in [-0.15, -0.1) is 0 Å². The van der Waals surface area contributed by atoms with Crippen LogP contribution in [-0.2, 0) is 4.74 Å². The fraction of sp³-hybridized carbons (Fsp3) is 0.625. The van der Waals surface area contributed by atoms with Crippen LogP contribution in [0.25, 0.3) is 0 Å². The third kappa shape index (κ3) is 3.73. The lowest BCUT2D eigenvalue weighted by atomic mass is 9.97. The maximum atomic E-state index is 6.05. The SMILES string of the molecule is CCOC1CCCN(C(CN)c2ccc(Cl)cc2C)C1. The summed E-state index contributed by atoms with van der Waals surface area (Å²) in [6.07, 6.45) is 2.67. The van der Waals surface area contributed by atoms with Crippen molar-refractivity contribution in [1.29, 1.82) is 0 Å². The normalized spacial score (nSPS) is 21.9. The van der Waals surface area contributed by atoms with Crippen molar-refractivity contribution >= 4 is 11.6 Å². The Morgan fingerprint density at radius 3 is 2.95 bits per heavy atom. The van der Waals surface area contributed by atoms with Crippen molar-refractivity contribution in [3.8, 4) is 0 Å². The van der Waals surface area contributed by atoms with Gasteiger partial charge < -0.3 is 10.5 Å². The van der Waals surface area contributed by atoms with E-state index in [1.54, 1.807) is 0 Å². The molecule has 1 aliphatic heterocycles. The lowest BCUT2D eigenvalue weighted by Gasteiger charge is -2.38. The fourth-order valence-electron chi connectivity index (χ4n) is 3.11. The Hall–Kier alpha value is -0.610. The first-order chi connectivity index (χ1) is 9.65. The van der Waals surface area contributed by atoms with E-state index >= 15 is 0 Å². The Bertz CT molecular complexity index is 436. The first-order valence-corrected chi connectivity index (χ1v) is 7.85. The molecule has 0 radical (unpaired) electrons. The largest absolute Gasteiger partial charge is 0.377 e. The lowest BCUT2D eigenvalue weighted by Crippen LogP contribution is -2.44. The van der Waals surface area contributed by atoms with Gasteiger partial charge in [0.2, 0.25) is 0 Å². The topological polar surface area (TPSA) is 38.5 Å². The monoisotopic (exact) mass is 296 g/mol. The van der Waals surface area contributed by atoms with Gasteiger partial charge in [0.1, 0.15) is 0 Å². The summed E-state index contributed by atoms with van der Waals surface area (Å²) in [5.41, 5.74) is 8.55. The first-order valence-electron chi connectivity index (χ1n) is 7.47. The van der Waals surface area contributed by atoms with Crippen LogP contribution in [-0.4, -0.2) is 37.2 Å². The highest BCUT2D eigenvalue weighted by Gasteiger charge is 2.27. The fourth-order valence-corrected chi connectivity index (χ4v) is 3.33. The summed E-state index contributed by atoms with van der Waals surface area (Å²) in [5.74, 6) is 0. The van der Waals surface area contributed by atoms with Gasteiger partial charge in [0.05, 0.1) is 6.10 Å². The molecule has 2 atom stereocenters. The summed E-state index contributed by atoms with van der Waals surface area (Å²) in [6, 6.07) is 6.34. The molecule has 0 aliphatic carbocycles. The predicted molar refractivity (Wildman–Crippen MR) is 84.2 cm³/mol. The zero-order valence-electron chi connectivity index (χ0n) is 12.4. The number of likely N-dealkylation sites (tertiary alicyclic amines) is 1. The molecule has 1 aliphatic rings. The molecule has 1 aromatic rings. The minimum absolute atomic E-state index is 0.260. The van der Waals surface area contributed by atoms with E-state index in [0.717, 1.165) is 31.1 Å². The highest BCUT2D eigenvalue weighted by molar-refractivity contribution is 6.30. The van der Waals surface area contributed by atoms with Crippen LogP contribution in [0.15, 0.2) is 18.2 Å². The van der Waals surface area contributed by atoms with E-state index in [4.69, 9.17) is 22.1 Å². The molecule has 1 saturated heterocycles. The Kier molecular flexibility index (Phi) is 5.85. The van der Waals surface area contributed by atoms with Gasteiger partial charge in [-0.25, -0.2) is 0 Å². The van der Waals surface area contributed by atoms with Crippen molar-refractivity contribution in [3.63, 3.8) is 0 Å². The molecule has 3 nitrogen and oxygen atoms in total. The molecule has 2 unspecified atom stereocenters. The Morgan fingerprint density at radius 1 is 1.50 bits per heavy atom. The molecule has 0 saturated carbocycles. The van der Waals surface area contributed by atoms with E-state index in [0.29, 0.717) is 12.6 Å². The molecule has 0 bridgehead atoms. The summed E-state index contributed by atoms with van der Waals surface area (Å²) < 4.78 is 5.79. The van der Waals surface area contributed by atoms with Crippen molar-refractivity contribution in [2.45, 2.75) is 38.8 Å². The van der Waals surface area contributed by atoms with Gasteiger partial charge in [-0.1, -0.05) is 17.7 Å². The molecule has 0 amide bonds. The maximum absolute atomic E-state index is 6.05. The van der Waals surface area contributed by atoms with Crippen molar-refractivity contribution in [1.82, 2.24) is 4.90 Å². The number of hydrogen-bond donors (Lipinski definition) is 1. The molecule has 1 aromatic carbocycles. The summed E-state index contributed by atoms with van der Waals surface area (Å²) in [4.78, 5) is 2.46. The molecule has 4 heteroatoms. The molecule has 20 heavy (non-hydrogen) atoms. The van der Waals surface area contributed by atoms with Gasteiger partial charge in [0.25, 0.3) is 0 Å². The van der Waals surface area contributed by atoms with Gasteiger partial charge >= 0.3 is 0 Å². The van der Waals surface area contributed by atoms with Crippen LogP contribution in [0.2, 0.25) is 5.02 Å². The average molecular weight is 297 g/mol. The van der Waals surface area contributed by atoms with Crippen molar-refractivity contribution in [3.05, 3.63) is 34.3 Å². The van der Waals surface area contributed by atoms with Gasteiger partial charge in [0, 0.05) is 30.8 Å². The summed E-state index contributed by atoms with van der Waals surface area (Å²) in [6.45, 7) is 7.63. The number of benzene rings is 1. The molecule has 2 rings (SSSR count). The highest BCUT2D eigenvalue weighted by Crippen LogP contribution is 2.28. The van der Waals surface area contributed by atoms with Gasteiger partial charge in [-0.2, -0.15) is 0 Å². The van der Waals surface area contributed by atoms with E-state index in [-0.39, 0.29) is 6.04 Å². The van der Waals surface area contributed by atoms with Gasteiger partial charge in [-0.05, 0) is 56.5 Å². The summed E-state index contributed by atoms with van der Waals surface area (Å²) in [5, 5.41) is 0.785. The van der Waals surface area contributed by atoms with Gasteiger partial charge in [-0.3, -0.25) is 4.90 Å². The number of ether oxygens (including phenoxy) is 1. The minimum Gasteiger partial charge on any atom is -0.377 e. The quantitative estimate of drug-likeness (QED) is 0.907. The number of aryl methyl sites for hydroxylation is 1. The van der Waals surface area contributed by atoms with Crippen molar-refractivity contribution < 1.29 is 4.74 Å². The molecule has 2 N–H and O–H groups in total. The number of nitrogens with zero attached hydrogens (tertiary/aromatic N) is 1. The van der Waals surface area contributed by atoms with E-state index in [1.165, 1.54) is 17.5 Å². The van der Waals surface area contributed by atoms with Crippen molar-refractivity contribution in [2.75, 3.05) is 26.2 Å². The number of piperidine rings is 1. The number of halogens is 1. The van der Waals surface area contributed by atoms with Crippen LogP contribution >= 0.6 is 11.6 Å². The second-order valence-electron chi connectivity index (χ2n) is 5.47. The number of hydrogen-bond acceptors (Lipinski definition) is 3. The molecule has 0 aromatic heterocycles. The molecule has 0 spiro atoms. The van der Waals surface area contributed by atoms with Crippen LogP contribution in [0.5, 0.6) is 0 Å². The molecule has 112 valence electrons. The van der Waals surface area contributed by atoms with E-state index in [1.807, 2.05) is 12.1 Å². The lowest BCUT2D eigenvalue weighted by molar-refractivity contribution is -0.00667. The van der Waals surface area contributed by atoms with Crippen molar-refractivity contribution in [2.24, 2.45) is 5.73 Å². The minimum atomic E-state index is 0.260. The Balaban J connectivity index is 2.14. The molecule has 1 heterocycles. The van der Waals surface area contributed by atoms with Crippen LogP contribution < -0.4 is 5.73 Å². The third-order valence-corrected chi connectivity index (χ3v) is 4.30. The third-order valence-electron chi connectivity index (χ3n) is 4.07. The van der Waals surface area contributed by atoms with Crippen LogP contribution in [0, 0.1) is 6.92 Å². The highest BCUT2D eigenvalue weighted by atomic mass is 35.5. The molecular weight excluding hydrogens is 272 g/mol. The van der Waals surface area contributed by atoms with Crippen LogP contribution in [0.1, 0.15) is 36.9 Å². The zero-order valence-corrected chi connectivity index (χ0v) is 13.2. The number of nitrogens with two attached hydrogens (primary N) is 1. The van der Waals surface area contributed by atoms with Crippen LogP contribution in [0.3, 0.4) is 0 Å². The second kappa shape index (κ2) is 7.41. The van der Waals surface area contributed by atoms with Gasteiger partial charge in [0.15, 0.2) is 0 Å². The Morgan fingerprint density at radius 2 is 2.30 bits per heavy atom. The maximum Gasteiger partial charge on any atom is 0.0702 e. The zero-order chi connectivity index (χ0) is 14.5. The molecule has 1 fully saturated rings. The van der Waals surface area contributed by atoms with E-state index < -0.39 is 0 Å². The number of rotatable bonds is 5. The average Bonchev–Trinajstić information content (AvgIpc) is 2.43. The molecular formula is C16H25ClN2O. The standard InChI is InChI=1S/C16H25ClN2O/c1-3-20-14-5-4-8-19(11-14)16(10-18)15-7-6-13(17)9-12(15)2/h6-7,9,14,16H,3-5,8,10-11,18H2,1-2H3. The smallest absolute Gasteiger partial charge is 0.0702 e. The first kappa shape index (κ1) is 15.8.